The van der Waals surface area contributed by atoms with Gasteiger partial charge in [0.1, 0.15) is 12.0 Å². The molecule has 3 aromatic rings. The summed E-state index contributed by atoms with van der Waals surface area (Å²) in [4.78, 5) is 34.2. The first kappa shape index (κ1) is 27.3. The molecule has 198 valence electrons. The quantitative estimate of drug-likeness (QED) is 0.314. The van der Waals surface area contributed by atoms with Gasteiger partial charge in [0, 0.05) is 17.9 Å². The molecule has 0 aliphatic carbocycles. The number of nitrogens with one attached hydrogen (secondary N) is 1. The van der Waals surface area contributed by atoms with Crippen molar-refractivity contribution in [2.45, 2.75) is 58.5 Å². The molecule has 0 bridgehead atoms. The fraction of sp³-hybridized carbons (Fsp3) is 0.481. The van der Waals surface area contributed by atoms with Crippen molar-refractivity contribution < 1.29 is 18.8 Å². The van der Waals surface area contributed by atoms with Gasteiger partial charge in [-0.1, -0.05) is 54.0 Å². The first-order chi connectivity index (χ1) is 17.8. The van der Waals surface area contributed by atoms with Crippen LogP contribution < -0.4 is 10.1 Å². The van der Waals surface area contributed by atoms with E-state index in [2.05, 4.69) is 43.5 Å². The Kier molecular flexibility index (Phi) is 9.02. The van der Waals surface area contributed by atoms with Crippen LogP contribution in [0.15, 0.2) is 40.4 Å². The third-order valence-corrected chi connectivity index (χ3v) is 7.99. The lowest BCUT2D eigenvalue weighted by Gasteiger charge is -2.29. The van der Waals surface area contributed by atoms with Gasteiger partial charge >= 0.3 is 0 Å². The van der Waals surface area contributed by atoms with Gasteiger partial charge in [-0.3, -0.25) is 9.59 Å². The fourth-order valence-electron chi connectivity index (χ4n) is 4.74. The van der Waals surface area contributed by atoms with Crippen molar-refractivity contribution in [3.8, 4) is 16.3 Å². The van der Waals surface area contributed by atoms with Crippen LogP contribution in [0.4, 0.5) is 0 Å². The SMILES string of the molecule is Cc1ncsc1-c1ccc(C(C)NC(=O)C2CCCN2C(=O)C(c2cc(OCCBr)no2)C(C)C)cc1. The van der Waals surface area contributed by atoms with E-state index >= 15 is 0 Å². The first-order valence-electron chi connectivity index (χ1n) is 12.6. The minimum absolute atomic E-state index is 0.0339. The highest BCUT2D eigenvalue weighted by molar-refractivity contribution is 9.09. The molecule has 0 saturated carbocycles. The molecule has 0 spiro atoms. The van der Waals surface area contributed by atoms with Crippen LogP contribution in [0.5, 0.6) is 5.88 Å². The van der Waals surface area contributed by atoms with E-state index in [1.165, 1.54) is 0 Å². The average Bonchev–Trinajstić information content (AvgIpc) is 3.64. The highest BCUT2D eigenvalue weighted by atomic mass is 79.9. The number of aryl methyl sites for hydroxylation is 1. The van der Waals surface area contributed by atoms with Crippen LogP contribution >= 0.6 is 27.3 Å². The standard InChI is InChI=1S/C27H33BrN4O4S/c1-16(2)24(22-14-23(31-36-22)35-13-11-28)27(34)32-12-5-6-21(32)26(33)30-17(3)19-7-9-20(10-8-19)25-18(4)29-15-37-25/h7-10,14-17,21,24H,5-6,11-13H2,1-4H3,(H,30,33). The smallest absolute Gasteiger partial charge is 0.254 e. The molecule has 1 aliphatic rings. The molecule has 1 fully saturated rings. The van der Waals surface area contributed by atoms with Gasteiger partial charge in [0.15, 0.2) is 5.76 Å². The molecule has 10 heteroatoms. The fourth-order valence-corrected chi connectivity index (χ4v) is 5.72. The highest BCUT2D eigenvalue weighted by Gasteiger charge is 2.40. The molecule has 1 saturated heterocycles. The summed E-state index contributed by atoms with van der Waals surface area (Å²) in [6.45, 7) is 8.89. The van der Waals surface area contributed by atoms with Crippen LogP contribution in [0.3, 0.4) is 0 Å². The van der Waals surface area contributed by atoms with E-state index in [0.29, 0.717) is 36.5 Å². The van der Waals surface area contributed by atoms with E-state index in [-0.39, 0.29) is 23.8 Å². The van der Waals surface area contributed by atoms with Gasteiger partial charge in [-0.25, -0.2) is 4.98 Å². The Balaban J connectivity index is 1.43. The molecule has 3 unspecified atom stereocenters. The second kappa shape index (κ2) is 12.2. The van der Waals surface area contributed by atoms with E-state index < -0.39 is 12.0 Å². The van der Waals surface area contributed by atoms with Gasteiger partial charge in [-0.15, -0.1) is 11.3 Å². The second-order valence-electron chi connectivity index (χ2n) is 9.64. The maximum atomic E-state index is 13.7. The van der Waals surface area contributed by atoms with E-state index in [0.717, 1.165) is 28.1 Å². The Morgan fingerprint density at radius 1 is 1.27 bits per heavy atom. The molecule has 4 rings (SSSR count). The molecule has 2 aromatic heterocycles. The highest BCUT2D eigenvalue weighted by Crippen LogP contribution is 2.33. The lowest BCUT2D eigenvalue weighted by molar-refractivity contribution is -0.141. The van der Waals surface area contributed by atoms with Crippen LogP contribution in [-0.2, 0) is 9.59 Å². The number of carbonyl (C=O) groups excluding carboxylic acids is 2. The Morgan fingerprint density at radius 2 is 2.03 bits per heavy atom. The predicted octanol–water partition coefficient (Wildman–Crippen LogP) is 5.49. The molecule has 3 atom stereocenters. The van der Waals surface area contributed by atoms with Gasteiger partial charge in [-0.05, 0) is 48.9 Å². The predicted molar refractivity (Wildman–Crippen MR) is 147 cm³/mol. The first-order valence-corrected chi connectivity index (χ1v) is 14.6. The normalized spacial score (nSPS) is 17.1. The van der Waals surface area contributed by atoms with Crippen molar-refractivity contribution >= 4 is 39.1 Å². The summed E-state index contributed by atoms with van der Waals surface area (Å²) in [6.07, 6.45) is 1.41. The maximum Gasteiger partial charge on any atom is 0.254 e. The van der Waals surface area contributed by atoms with Crippen LogP contribution in [0, 0.1) is 12.8 Å². The number of benzene rings is 1. The van der Waals surface area contributed by atoms with Crippen molar-refractivity contribution in [1.29, 1.82) is 0 Å². The molecule has 37 heavy (non-hydrogen) atoms. The number of carbonyl (C=O) groups is 2. The van der Waals surface area contributed by atoms with Crippen molar-refractivity contribution in [3.63, 3.8) is 0 Å². The van der Waals surface area contributed by atoms with E-state index in [4.69, 9.17) is 9.26 Å². The number of hydrogen-bond donors (Lipinski definition) is 1. The molecule has 1 aromatic carbocycles. The van der Waals surface area contributed by atoms with Crippen molar-refractivity contribution in [2.24, 2.45) is 5.92 Å². The molecule has 2 amide bonds. The van der Waals surface area contributed by atoms with Crippen LogP contribution in [-0.4, -0.2) is 51.4 Å². The van der Waals surface area contributed by atoms with Gasteiger partial charge in [0.05, 0.1) is 28.7 Å². The summed E-state index contributed by atoms with van der Waals surface area (Å²) in [5, 5.41) is 7.74. The molecular formula is C27H33BrN4O4S. The summed E-state index contributed by atoms with van der Waals surface area (Å²) in [5.74, 6) is -0.0139. The number of rotatable bonds is 10. The average molecular weight is 590 g/mol. The lowest BCUT2D eigenvalue weighted by atomic mass is 9.91. The number of alkyl halides is 1. The second-order valence-corrected chi connectivity index (χ2v) is 11.3. The number of halogens is 1. The third kappa shape index (κ3) is 6.23. The zero-order valence-electron chi connectivity index (χ0n) is 21.6. The number of amides is 2. The zero-order valence-corrected chi connectivity index (χ0v) is 24.0. The Labute approximate surface area is 229 Å². The van der Waals surface area contributed by atoms with Gasteiger partial charge in [0.25, 0.3) is 5.88 Å². The Morgan fingerprint density at radius 3 is 2.68 bits per heavy atom. The summed E-state index contributed by atoms with van der Waals surface area (Å²) in [7, 11) is 0. The van der Waals surface area contributed by atoms with Crippen LogP contribution in [0.25, 0.3) is 10.4 Å². The Bertz CT molecular complexity index is 1210. The number of likely N-dealkylation sites (tertiary alicyclic amines) is 1. The van der Waals surface area contributed by atoms with Crippen molar-refractivity contribution in [2.75, 3.05) is 18.5 Å². The molecule has 3 heterocycles. The summed E-state index contributed by atoms with van der Waals surface area (Å²) < 4.78 is 11.0. The largest absolute Gasteiger partial charge is 0.475 e. The monoisotopic (exact) mass is 588 g/mol. The minimum Gasteiger partial charge on any atom is -0.475 e. The van der Waals surface area contributed by atoms with E-state index in [1.807, 2.05) is 45.3 Å². The molecule has 8 nitrogen and oxygen atoms in total. The van der Waals surface area contributed by atoms with E-state index in [9.17, 15) is 9.59 Å². The molecular weight excluding hydrogens is 556 g/mol. The third-order valence-electron chi connectivity index (χ3n) is 6.69. The van der Waals surface area contributed by atoms with Crippen LogP contribution in [0.2, 0.25) is 0 Å². The van der Waals surface area contributed by atoms with E-state index in [1.54, 1.807) is 22.3 Å². The summed E-state index contributed by atoms with van der Waals surface area (Å²) in [5.41, 5.74) is 4.98. The Hall–Kier alpha value is -2.72. The van der Waals surface area contributed by atoms with Gasteiger partial charge < -0.3 is 19.5 Å². The number of ether oxygens (including phenoxy) is 1. The summed E-state index contributed by atoms with van der Waals surface area (Å²) in [6, 6.07) is 9.16. The number of nitrogens with zero attached hydrogens (tertiary/aromatic N) is 3. The maximum absolute atomic E-state index is 13.7. The number of hydrogen-bond acceptors (Lipinski definition) is 7. The topological polar surface area (TPSA) is 97.6 Å². The number of aromatic nitrogens is 2. The van der Waals surface area contributed by atoms with Gasteiger partial charge in [0.2, 0.25) is 11.8 Å². The number of thiazole rings is 1. The molecule has 1 aliphatic heterocycles. The zero-order chi connectivity index (χ0) is 26.5. The summed E-state index contributed by atoms with van der Waals surface area (Å²) >= 11 is 4.93. The van der Waals surface area contributed by atoms with Crippen molar-refractivity contribution in [3.05, 3.63) is 52.9 Å². The van der Waals surface area contributed by atoms with Gasteiger partial charge in [-0.2, -0.15) is 0 Å². The van der Waals surface area contributed by atoms with Crippen molar-refractivity contribution in [1.82, 2.24) is 20.4 Å². The minimum atomic E-state index is -0.539. The van der Waals surface area contributed by atoms with Crippen LogP contribution in [0.1, 0.15) is 62.6 Å². The molecule has 0 radical (unpaired) electrons. The lowest BCUT2D eigenvalue weighted by Crippen LogP contribution is -2.48. The molecule has 1 N–H and O–H groups in total.